The molecule has 0 saturated carbocycles. The number of hydrogen-bond donors (Lipinski definition) is 1. The first-order valence-corrected chi connectivity index (χ1v) is 5.11. The molecule has 0 fully saturated rings. The van der Waals surface area contributed by atoms with Gasteiger partial charge in [-0.05, 0) is 0 Å². The summed E-state index contributed by atoms with van der Waals surface area (Å²) in [4.78, 5) is 8.74. The Morgan fingerprint density at radius 2 is 1.73 bits per heavy atom. The van der Waals surface area contributed by atoms with Crippen molar-refractivity contribution in [2.75, 3.05) is 21.3 Å². The van der Waals surface area contributed by atoms with E-state index in [1.54, 1.807) is 0 Å². The Morgan fingerprint density at radius 1 is 1.27 bits per heavy atom. The highest BCUT2D eigenvalue weighted by Gasteiger charge is 2.28. The van der Waals surface area contributed by atoms with Crippen LogP contribution in [0.4, 0.5) is 0 Å². The second kappa shape index (κ2) is 5.17. The number of rotatable bonds is 5. The minimum atomic E-state index is -3.60. The molecule has 1 atom stereocenters. The lowest BCUT2D eigenvalue weighted by atomic mass is 11.8. The van der Waals surface area contributed by atoms with Gasteiger partial charge in [0.1, 0.15) is 0 Å². The molecule has 0 aliphatic rings. The quantitative estimate of drug-likeness (QED) is 0.679. The van der Waals surface area contributed by atoms with Gasteiger partial charge in [0.2, 0.25) is 0 Å². The first kappa shape index (κ1) is 11.5. The molecule has 0 aromatic rings. The molecule has 6 nitrogen and oxygen atoms in total. The topological polar surface area (TPSA) is 74.2 Å². The summed E-state index contributed by atoms with van der Waals surface area (Å²) in [6.07, 6.45) is 0. The molecule has 11 heavy (non-hydrogen) atoms. The van der Waals surface area contributed by atoms with Gasteiger partial charge in [0.15, 0.2) is 0 Å². The van der Waals surface area contributed by atoms with E-state index in [0.29, 0.717) is 0 Å². The maximum atomic E-state index is 11.0. The van der Waals surface area contributed by atoms with E-state index in [4.69, 9.17) is 4.89 Å². The molecule has 0 radical (unpaired) electrons. The third-order valence-electron chi connectivity index (χ3n) is 0.773. The Hall–Kier alpha value is 0.460. The Kier molecular flexibility index (Phi) is 5.38. The van der Waals surface area contributed by atoms with Gasteiger partial charge >= 0.3 is 16.4 Å². The maximum Gasteiger partial charge on any atom is 0.481 e. The van der Waals surface area contributed by atoms with E-state index in [0.717, 1.165) is 14.2 Å². The van der Waals surface area contributed by atoms with Crippen LogP contribution < -0.4 is 0 Å². The fraction of sp³-hybridized carbons (Fsp3) is 1.00. The Labute approximate surface area is 66.0 Å². The van der Waals surface area contributed by atoms with Crippen molar-refractivity contribution in [1.29, 1.82) is 0 Å². The lowest BCUT2D eigenvalue weighted by molar-refractivity contribution is 0.194. The average molecular weight is 204 g/mol. The van der Waals surface area contributed by atoms with Gasteiger partial charge in [0.05, 0.1) is 0 Å². The molecule has 0 rings (SSSR count). The molecule has 0 heterocycles. The second-order valence-corrected chi connectivity index (χ2v) is 4.43. The third kappa shape index (κ3) is 4.13. The van der Waals surface area contributed by atoms with Crippen LogP contribution in [0.3, 0.4) is 0 Å². The van der Waals surface area contributed by atoms with Gasteiger partial charge in [-0.3, -0.25) is 9.05 Å². The van der Waals surface area contributed by atoms with Crippen molar-refractivity contribution in [3.8, 4) is 0 Å². The van der Waals surface area contributed by atoms with Crippen molar-refractivity contribution in [3.63, 3.8) is 0 Å². The Balaban J connectivity index is 3.97. The van der Waals surface area contributed by atoms with Gasteiger partial charge < -0.3 is 9.42 Å². The predicted molar refractivity (Wildman–Crippen MR) is 38.9 cm³/mol. The fourth-order valence-corrected chi connectivity index (χ4v) is 1.89. The van der Waals surface area contributed by atoms with E-state index < -0.39 is 16.4 Å². The van der Waals surface area contributed by atoms with Crippen LogP contribution in [-0.2, 0) is 22.4 Å². The van der Waals surface area contributed by atoms with Gasteiger partial charge in [0, 0.05) is 21.3 Å². The summed E-state index contributed by atoms with van der Waals surface area (Å²) in [5.41, 5.74) is 0. The summed E-state index contributed by atoms with van der Waals surface area (Å²) in [5, 5.41) is 0. The molecule has 1 N–H and O–H groups in total. The molecule has 1 unspecified atom stereocenters. The van der Waals surface area contributed by atoms with Crippen LogP contribution in [0.2, 0.25) is 0 Å². The molecule has 0 spiro atoms. The van der Waals surface area contributed by atoms with Crippen LogP contribution in [0.25, 0.3) is 0 Å². The lowest BCUT2D eigenvalue weighted by Gasteiger charge is -2.14. The average Bonchev–Trinajstić information content (AvgIpc) is 2.04. The summed E-state index contributed by atoms with van der Waals surface area (Å²) < 4.78 is 28.4. The maximum absolute atomic E-state index is 11.0. The van der Waals surface area contributed by atoms with Gasteiger partial charge in [-0.2, -0.15) is 0 Å². The van der Waals surface area contributed by atoms with Gasteiger partial charge in [-0.15, -0.1) is 0 Å². The van der Waals surface area contributed by atoms with E-state index in [-0.39, 0.29) is 0 Å². The van der Waals surface area contributed by atoms with Crippen molar-refractivity contribution >= 4 is 16.4 Å². The van der Waals surface area contributed by atoms with E-state index in [9.17, 15) is 4.57 Å². The summed E-state index contributed by atoms with van der Waals surface area (Å²) >= 11 is 0. The number of hydrogen-bond acceptors (Lipinski definition) is 6. The standard InChI is InChI=1S/C3H10O6P2/c1-6-10(4)9-11(5,7-2)8-3/h4H,1-3H3. The first-order chi connectivity index (χ1) is 5.08. The lowest BCUT2D eigenvalue weighted by Crippen LogP contribution is -1.91. The summed E-state index contributed by atoms with van der Waals surface area (Å²) in [5.74, 6) is 0. The molecular weight excluding hydrogens is 194 g/mol. The number of phosphoric ester groups is 1. The molecule has 68 valence electrons. The SMILES string of the molecule is COP(O)OP(=O)(OC)OC. The minimum absolute atomic E-state index is 1.14. The summed E-state index contributed by atoms with van der Waals surface area (Å²) in [6.45, 7) is 0. The molecule has 0 amide bonds. The highest BCUT2D eigenvalue weighted by molar-refractivity contribution is 7.58. The highest BCUT2D eigenvalue weighted by atomic mass is 31.3. The van der Waals surface area contributed by atoms with Crippen molar-refractivity contribution in [2.24, 2.45) is 0 Å². The van der Waals surface area contributed by atoms with Crippen molar-refractivity contribution in [2.45, 2.75) is 0 Å². The monoisotopic (exact) mass is 204 g/mol. The summed E-state index contributed by atoms with van der Waals surface area (Å²) in [6, 6.07) is 0. The Morgan fingerprint density at radius 3 is 2.00 bits per heavy atom. The smallest absolute Gasteiger partial charge is 0.328 e. The first-order valence-electron chi connectivity index (χ1n) is 2.52. The van der Waals surface area contributed by atoms with Crippen molar-refractivity contribution in [3.05, 3.63) is 0 Å². The molecule has 0 aliphatic carbocycles. The van der Waals surface area contributed by atoms with Crippen LogP contribution in [0.1, 0.15) is 0 Å². The van der Waals surface area contributed by atoms with Crippen LogP contribution in [0.15, 0.2) is 0 Å². The Bertz CT molecular complexity index is 141. The highest BCUT2D eigenvalue weighted by Crippen LogP contribution is 2.57. The van der Waals surface area contributed by atoms with Crippen LogP contribution in [0, 0.1) is 0 Å². The zero-order valence-electron chi connectivity index (χ0n) is 6.38. The normalized spacial score (nSPS) is 14.9. The molecule has 0 saturated heterocycles. The van der Waals surface area contributed by atoms with Gasteiger partial charge in [0.25, 0.3) is 0 Å². The molecule has 0 aromatic carbocycles. The minimum Gasteiger partial charge on any atom is -0.328 e. The van der Waals surface area contributed by atoms with Gasteiger partial charge in [-0.1, -0.05) is 0 Å². The van der Waals surface area contributed by atoms with E-state index >= 15 is 0 Å². The zero-order chi connectivity index (χ0) is 8.91. The fourth-order valence-electron chi connectivity index (χ4n) is 0.260. The van der Waals surface area contributed by atoms with Crippen molar-refractivity contribution < 1.29 is 27.3 Å². The largest absolute Gasteiger partial charge is 0.481 e. The second-order valence-electron chi connectivity index (χ2n) is 1.31. The molecule has 0 aromatic heterocycles. The van der Waals surface area contributed by atoms with Gasteiger partial charge in [-0.25, -0.2) is 8.88 Å². The molecular formula is C3H10O6P2. The zero-order valence-corrected chi connectivity index (χ0v) is 8.17. The summed E-state index contributed by atoms with van der Waals surface area (Å²) in [7, 11) is -2.30. The molecule has 0 aliphatic heterocycles. The van der Waals surface area contributed by atoms with E-state index in [2.05, 4.69) is 17.9 Å². The van der Waals surface area contributed by atoms with Crippen LogP contribution in [-0.4, -0.2) is 26.2 Å². The van der Waals surface area contributed by atoms with Crippen LogP contribution in [0.5, 0.6) is 0 Å². The molecule has 0 bridgehead atoms. The molecule has 8 heteroatoms. The number of phosphoric acid groups is 1. The van der Waals surface area contributed by atoms with E-state index in [1.807, 2.05) is 0 Å². The van der Waals surface area contributed by atoms with E-state index in [1.165, 1.54) is 7.11 Å². The third-order valence-corrected chi connectivity index (χ3v) is 3.34. The van der Waals surface area contributed by atoms with Crippen LogP contribution >= 0.6 is 16.4 Å². The predicted octanol–water partition coefficient (Wildman–Crippen LogP) is 1.27. The van der Waals surface area contributed by atoms with Crippen molar-refractivity contribution in [1.82, 2.24) is 0 Å².